The van der Waals surface area contributed by atoms with Crippen molar-refractivity contribution in [2.45, 2.75) is 64.1 Å². The average molecular weight is 447 g/mol. The molecule has 2 unspecified atom stereocenters. The molecular weight excluding hydrogens is 420 g/mol. The first-order chi connectivity index (χ1) is 14.6. The number of para-hydroxylation sites is 1. The number of nitrogens with zero attached hydrogens (tertiary/aromatic N) is 2. The van der Waals surface area contributed by atoms with Gasteiger partial charge in [-0.15, -0.1) is 0 Å². The maximum atomic E-state index is 12.4. The van der Waals surface area contributed by atoms with Crippen LogP contribution in [0.5, 0.6) is 11.5 Å². The molecule has 1 amide bonds. The number of rotatable bonds is 2. The summed E-state index contributed by atoms with van der Waals surface area (Å²) in [5.41, 5.74) is 0.941. The van der Waals surface area contributed by atoms with Crippen molar-refractivity contribution in [3.8, 4) is 11.5 Å². The summed E-state index contributed by atoms with van der Waals surface area (Å²) in [5, 5.41) is 11.2. The van der Waals surface area contributed by atoms with E-state index in [0.29, 0.717) is 41.6 Å². The highest BCUT2D eigenvalue weighted by Crippen LogP contribution is 2.49. The van der Waals surface area contributed by atoms with Gasteiger partial charge in [-0.05, 0) is 57.7 Å². The fourth-order valence-corrected chi connectivity index (χ4v) is 4.09. The number of piperidine rings is 1. The van der Waals surface area contributed by atoms with E-state index in [1.807, 2.05) is 25.1 Å². The van der Waals surface area contributed by atoms with Crippen molar-refractivity contribution in [2.75, 3.05) is 6.54 Å². The van der Waals surface area contributed by atoms with Crippen LogP contribution in [0.2, 0.25) is 5.02 Å². The summed E-state index contributed by atoms with van der Waals surface area (Å²) in [5.74, 6) is 0.206. The maximum Gasteiger partial charge on any atom is 0.412 e. The van der Waals surface area contributed by atoms with Crippen molar-refractivity contribution < 1.29 is 24.1 Å². The Morgan fingerprint density at radius 1 is 1.29 bits per heavy atom. The molecule has 2 aliphatic heterocycles. The van der Waals surface area contributed by atoms with Crippen molar-refractivity contribution in [1.82, 2.24) is 9.88 Å². The molecule has 4 rings (SSSR count). The van der Waals surface area contributed by atoms with Crippen LogP contribution in [0.15, 0.2) is 36.5 Å². The molecular formula is C23H27ClN2O5. The Bertz CT molecular complexity index is 975. The lowest BCUT2D eigenvalue weighted by Crippen LogP contribution is -2.47. The molecule has 3 atom stereocenters. The number of fused-ring (bicyclic) bond motifs is 1. The second-order valence-electron chi connectivity index (χ2n) is 9.06. The quantitative estimate of drug-likeness (QED) is 0.712. The lowest BCUT2D eigenvalue weighted by molar-refractivity contribution is -0.0726. The van der Waals surface area contributed by atoms with E-state index in [2.05, 4.69) is 4.98 Å². The molecule has 8 heteroatoms. The number of carbonyl (C=O) groups is 1. The Kier molecular flexibility index (Phi) is 5.52. The highest BCUT2D eigenvalue weighted by molar-refractivity contribution is 6.30. The predicted octanol–water partition coefficient (Wildman–Crippen LogP) is 4.81. The van der Waals surface area contributed by atoms with Gasteiger partial charge in [-0.3, -0.25) is 9.88 Å². The average Bonchev–Trinajstić information content (AvgIpc) is 3.04. The van der Waals surface area contributed by atoms with Crippen molar-refractivity contribution in [1.29, 1.82) is 0 Å². The third kappa shape index (κ3) is 4.43. The number of ether oxygens (including phenoxy) is 3. The van der Waals surface area contributed by atoms with Crippen LogP contribution >= 0.6 is 11.6 Å². The van der Waals surface area contributed by atoms with Gasteiger partial charge in [0.05, 0.1) is 5.02 Å². The SMILES string of the molecule is CC(C)(C)OC(=O)N1CCC(c2cccc3c2O[C@@](C)(c2ccc(Cl)cn2)O3)CC1O. The molecule has 0 spiro atoms. The highest BCUT2D eigenvalue weighted by Gasteiger charge is 2.43. The van der Waals surface area contributed by atoms with Crippen molar-refractivity contribution in [3.63, 3.8) is 0 Å². The third-order valence-electron chi connectivity index (χ3n) is 5.44. The minimum Gasteiger partial charge on any atom is -0.444 e. The minimum absolute atomic E-state index is 0.00719. The molecule has 2 aromatic rings. The zero-order valence-electron chi connectivity index (χ0n) is 18.1. The van der Waals surface area contributed by atoms with Crippen molar-refractivity contribution >= 4 is 17.7 Å². The summed E-state index contributed by atoms with van der Waals surface area (Å²) >= 11 is 5.96. The monoisotopic (exact) mass is 446 g/mol. The first-order valence-corrected chi connectivity index (χ1v) is 10.7. The number of hydrogen-bond acceptors (Lipinski definition) is 6. The summed E-state index contributed by atoms with van der Waals surface area (Å²) < 4.78 is 17.8. The molecule has 0 saturated carbocycles. The molecule has 1 fully saturated rings. The van der Waals surface area contributed by atoms with E-state index in [0.717, 1.165) is 5.56 Å². The van der Waals surface area contributed by atoms with Gasteiger partial charge in [0.2, 0.25) is 0 Å². The summed E-state index contributed by atoms with van der Waals surface area (Å²) in [6.07, 6.45) is 1.18. The molecule has 0 aliphatic carbocycles. The van der Waals surface area contributed by atoms with Gasteiger partial charge in [-0.25, -0.2) is 4.79 Å². The van der Waals surface area contributed by atoms with Gasteiger partial charge in [0.15, 0.2) is 11.5 Å². The van der Waals surface area contributed by atoms with Crippen LogP contribution in [0, 0.1) is 0 Å². The van der Waals surface area contributed by atoms with E-state index >= 15 is 0 Å². The standard InChI is InChI=1S/C23H27ClN2O5/c1-22(2,3)31-21(28)26-11-10-14(12-19(26)27)16-6-5-7-17-20(16)30-23(4,29-17)18-9-8-15(24)13-25-18/h5-9,13-14,19,27H,10-12H2,1-4H3/t14?,19?,23-/m0/s1. The van der Waals surface area contributed by atoms with E-state index in [4.69, 9.17) is 25.8 Å². The van der Waals surface area contributed by atoms with Gasteiger partial charge in [0, 0.05) is 25.2 Å². The number of aliphatic hydroxyl groups is 1. The Morgan fingerprint density at radius 3 is 2.71 bits per heavy atom. The fraction of sp³-hybridized carbons (Fsp3) is 0.478. The van der Waals surface area contributed by atoms with Crippen LogP contribution in [0.1, 0.15) is 57.7 Å². The largest absolute Gasteiger partial charge is 0.444 e. The fourth-order valence-electron chi connectivity index (χ4n) is 3.98. The van der Waals surface area contributed by atoms with E-state index in [9.17, 15) is 9.90 Å². The number of aliphatic hydroxyl groups excluding tert-OH is 1. The van der Waals surface area contributed by atoms with E-state index in [1.54, 1.807) is 39.1 Å². The highest BCUT2D eigenvalue weighted by atomic mass is 35.5. The van der Waals surface area contributed by atoms with Gasteiger partial charge < -0.3 is 19.3 Å². The van der Waals surface area contributed by atoms with Gasteiger partial charge in [-0.1, -0.05) is 23.7 Å². The number of pyridine rings is 1. The molecule has 3 heterocycles. The molecule has 1 aromatic heterocycles. The Balaban J connectivity index is 1.52. The summed E-state index contributed by atoms with van der Waals surface area (Å²) in [4.78, 5) is 18.1. The Morgan fingerprint density at radius 2 is 2.06 bits per heavy atom. The molecule has 0 bridgehead atoms. The van der Waals surface area contributed by atoms with Gasteiger partial charge >= 0.3 is 6.09 Å². The van der Waals surface area contributed by atoms with Gasteiger partial charge in [0.1, 0.15) is 17.5 Å². The normalized spacial score (nSPS) is 25.4. The van der Waals surface area contributed by atoms with Crippen LogP contribution in [0.4, 0.5) is 4.79 Å². The number of amides is 1. The summed E-state index contributed by atoms with van der Waals surface area (Å²) in [6, 6.07) is 9.26. The predicted molar refractivity (Wildman–Crippen MR) is 115 cm³/mol. The van der Waals surface area contributed by atoms with E-state index < -0.39 is 23.7 Å². The lowest BCUT2D eigenvalue weighted by atomic mass is 9.88. The van der Waals surface area contributed by atoms with Crippen LogP contribution in [-0.2, 0) is 10.5 Å². The maximum absolute atomic E-state index is 12.4. The Hall–Kier alpha value is -2.51. The van der Waals surface area contributed by atoms with Crippen LogP contribution in [0.25, 0.3) is 0 Å². The molecule has 31 heavy (non-hydrogen) atoms. The second kappa shape index (κ2) is 7.88. The molecule has 1 aromatic carbocycles. The summed E-state index contributed by atoms with van der Waals surface area (Å²) in [6.45, 7) is 7.62. The minimum atomic E-state index is -1.07. The second-order valence-corrected chi connectivity index (χ2v) is 9.50. The smallest absolute Gasteiger partial charge is 0.412 e. The number of benzene rings is 1. The topological polar surface area (TPSA) is 81.1 Å². The summed E-state index contributed by atoms with van der Waals surface area (Å²) in [7, 11) is 0. The van der Waals surface area contributed by atoms with Crippen molar-refractivity contribution in [3.05, 3.63) is 52.8 Å². The number of aromatic nitrogens is 1. The Labute approximate surface area is 186 Å². The number of carbonyl (C=O) groups excluding carboxylic acids is 1. The number of likely N-dealkylation sites (tertiary alicyclic amines) is 1. The zero-order valence-corrected chi connectivity index (χ0v) is 18.8. The van der Waals surface area contributed by atoms with E-state index in [1.165, 1.54) is 4.90 Å². The number of hydrogen-bond donors (Lipinski definition) is 1. The molecule has 1 saturated heterocycles. The van der Waals surface area contributed by atoms with E-state index in [-0.39, 0.29) is 5.92 Å². The molecule has 1 N–H and O–H groups in total. The van der Waals surface area contributed by atoms with Crippen LogP contribution in [-0.4, -0.2) is 39.5 Å². The molecule has 7 nitrogen and oxygen atoms in total. The third-order valence-corrected chi connectivity index (χ3v) is 5.67. The van der Waals surface area contributed by atoms with Crippen LogP contribution < -0.4 is 9.47 Å². The lowest BCUT2D eigenvalue weighted by Gasteiger charge is -2.37. The van der Waals surface area contributed by atoms with Crippen molar-refractivity contribution in [2.24, 2.45) is 0 Å². The molecule has 166 valence electrons. The first kappa shape index (κ1) is 21.7. The van der Waals surface area contributed by atoms with Gasteiger partial charge in [0.25, 0.3) is 5.79 Å². The molecule has 2 aliphatic rings. The molecule has 0 radical (unpaired) electrons. The first-order valence-electron chi connectivity index (χ1n) is 10.4. The van der Waals surface area contributed by atoms with Gasteiger partial charge in [-0.2, -0.15) is 0 Å². The van der Waals surface area contributed by atoms with Crippen LogP contribution in [0.3, 0.4) is 0 Å². The number of halogens is 1. The zero-order chi connectivity index (χ0) is 22.4.